The molecule has 0 aliphatic heterocycles. The first-order valence-corrected chi connectivity index (χ1v) is 45.1. The Morgan fingerprint density at radius 1 is 0.163 bits per heavy atom. The van der Waals surface area contributed by atoms with Gasteiger partial charge < -0.3 is 13.7 Å². The highest BCUT2D eigenvalue weighted by Crippen LogP contribution is 2.55. The second-order valence-corrected chi connectivity index (χ2v) is 37.6. The Labute approximate surface area is 744 Å². The molecule has 0 unspecified atom stereocenters. The van der Waals surface area contributed by atoms with E-state index in [1.165, 1.54) is 116 Å². The van der Waals surface area contributed by atoms with Crippen molar-refractivity contribution < 1.29 is 0 Å². The van der Waals surface area contributed by atoms with Gasteiger partial charge in [-0.05, 0) is 209 Å². The number of aromatic nitrogens is 8. The summed E-state index contributed by atoms with van der Waals surface area (Å²) < 4.78 is 14.6. The Bertz CT molecular complexity index is 8450. The Morgan fingerprint density at radius 2 is 0.372 bits per heavy atom. The smallest absolute Gasteiger partial charge is 0.238 e. The van der Waals surface area contributed by atoms with Crippen LogP contribution in [0.3, 0.4) is 0 Å². The molecule has 7 aromatic heterocycles. The van der Waals surface area contributed by atoms with Crippen molar-refractivity contribution in [3.8, 4) is 101 Å². The molecule has 0 radical (unpaired) electrons. The van der Waals surface area contributed by atoms with Gasteiger partial charge in [-0.15, -0.1) is 0 Å². The van der Waals surface area contributed by atoms with E-state index in [1.54, 1.807) is 0 Å². The molecule has 0 bridgehead atoms. The number of hydrogen-bond donors (Lipinski definition) is 0. The third-order valence-electron chi connectivity index (χ3n) is 29.9. The molecule has 18 aromatic carbocycles. The lowest BCUT2D eigenvalue weighted by molar-refractivity contribution is 0.660. The van der Waals surface area contributed by atoms with E-state index in [9.17, 15) is 0 Å². The second kappa shape index (κ2) is 26.0. The van der Waals surface area contributed by atoms with Gasteiger partial charge in [0, 0.05) is 104 Å². The van der Waals surface area contributed by atoms with Crippen molar-refractivity contribution in [3.63, 3.8) is 0 Å². The maximum atomic E-state index is 6.09. The van der Waals surface area contributed by atoms with Gasteiger partial charge in [-0.25, -0.2) is 0 Å². The largest absolute Gasteiger partial charge is 0.309 e. The molecule has 0 fully saturated rings. The number of benzene rings is 18. The molecule has 28 rings (SSSR count). The van der Waals surface area contributed by atoms with Gasteiger partial charge in [-0.1, -0.05) is 315 Å². The molecule has 0 atom stereocenters. The fraction of sp³-hybridized carbons (Fsp3) is 0.0744. The van der Waals surface area contributed by atoms with Crippen LogP contribution >= 0.6 is 0 Å². The number of fused-ring (bicyclic) bond motifs is 27. The average Bonchev–Trinajstić information content (AvgIpc) is 1.57. The summed E-state index contributed by atoms with van der Waals surface area (Å²) in [4.78, 5) is 12.2. The normalized spacial score (nSPS) is 14.0. The predicted octanol–water partition coefficient (Wildman–Crippen LogP) is 31.0. The second-order valence-electron chi connectivity index (χ2n) is 37.6. The molecule has 25 aromatic rings. The fourth-order valence-electron chi connectivity index (χ4n) is 23.7. The highest BCUT2D eigenvalue weighted by atomic mass is 15.2. The molecule has 8 heteroatoms. The Kier molecular flexibility index (Phi) is 14.6. The fourth-order valence-corrected chi connectivity index (χ4v) is 23.7. The number of hydrogen-bond acceptors (Lipinski definition) is 2. The van der Waals surface area contributed by atoms with Gasteiger partial charge in [-0.2, -0.15) is 9.97 Å². The van der Waals surface area contributed by atoms with Crippen molar-refractivity contribution in [2.45, 2.75) is 57.8 Å². The molecule has 129 heavy (non-hydrogen) atoms. The first-order valence-electron chi connectivity index (χ1n) is 45.1. The van der Waals surface area contributed by atoms with E-state index in [0.717, 1.165) is 144 Å². The maximum Gasteiger partial charge on any atom is 0.238 e. The van der Waals surface area contributed by atoms with Crippen LogP contribution in [0.15, 0.2) is 388 Å². The molecular formula is C121H82N8. The third kappa shape index (κ3) is 9.97. The topological polar surface area (TPSA) is 55.4 Å². The van der Waals surface area contributed by atoms with E-state index < -0.39 is 0 Å². The van der Waals surface area contributed by atoms with E-state index in [2.05, 4.69) is 457 Å². The highest BCUT2D eigenvalue weighted by Gasteiger charge is 2.39. The van der Waals surface area contributed by atoms with Crippen LogP contribution < -0.4 is 0 Å². The van der Waals surface area contributed by atoms with Crippen molar-refractivity contribution >= 4 is 131 Å². The lowest BCUT2D eigenvalue weighted by Crippen LogP contribution is -2.15. The van der Waals surface area contributed by atoms with Crippen molar-refractivity contribution in [2.75, 3.05) is 0 Å². The zero-order valence-corrected chi connectivity index (χ0v) is 72.0. The Balaban J connectivity index is 0.657. The summed E-state index contributed by atoms with van der Waals surface area (Å²) in [6, 6.07) is 146. The summed E-state index contributed by atoms with van der Waals surface area (Å²) in [6.07, 6.45) is 0. The number of para-hydroxylation sites is 6. The van der Waals surface area contributed by atoms with Gasteiger partial charge in [0.15, 0.2) is 0 Å². The van der Waals surface area contributed by atoms with Crippen LogP contribution in [0.2, 0.25) is 0 Å². The van der Waals surface area contributed by atoms with Gasteiger partial charge in [0.25, 0.3) is 0 Å². The number of nitrogens with zero attached hydrogens (tertiary/aromatic N) is 8. The van der Waals surface area contributed by atoms with Crippen LogP contribution in [0.25, 0.3) is 232 Å². The van der Waals surface area contributed by atoms with E-state index in [1.807, 2.05) is 0 Å². The van der Waals surface area contributed by atoms with Crippen LogP contribution in [0.4, 0.5) is 0 Å². The molecule has 3 aliphatic rings. The molecule has 0 saturated carbocycles. The van der Waals surface area contributed by atoms with Gasteiger partial charge in [0.1, 0.15) is 11.6 Å². The third-order valence-corrected chi connectivity index (χ3v) is 29.9. The lowest BCUT2D eigenvalue weighted by atomic mass is 9.82. The summed E-state index contributed by atoms with van der Waals surface area (Å²) in [5.74, 6) is 2.00. The minimum atomic E-state index is -0.167. The molecule has 7 heterocycles. The van der Waals surface area contributed by atoms with Crippen molar-refractivity contribution in [1.29, 1.82) is 0 Å². The Morgan fingerprint density at radius 3 is 0.651 bits per heavy atom. The van der Waals surface area contributed by atoms with Crippen LogP contribution in [0, 0.1) is 0 Å². The minimum absolute atomic E-state index is 0.165. The van der Waals surface area contributed by atoms with E-state index in [0.29, 0.717) is 5.95 Å². The maximum absolute atomic E-state index is 6.09. The molecule has 0 amide bonds. The lowest BCUT2D eigenvalue weighted by Gasteiger charge is -2.22. The van der Waals surface area contributed by atoms with E-state index >= 15 is 0 Å². The van der Waals surface area contributed by atoms with Crippen molar-refractivity contribution in [1.82, 2.24) is 37.4 Å². The molecule has 0 spiro atoms. The van der Waals surface area contributed by atoms with Gasteiger partial charge in [0.05, 0.1) is 66.2 Å². The van der Waals surface area contributed by atoms with Gasteiger partial charge in [0.2, 0.25) is 5.95 Å². The van der Waals surface area contributed by atoms with Gasteiger partial charge in [-0.3, -0.25) is 13.7 Å². The zero-order valence-electron chi connectivity index (χ0n) is 72.0. The standard InChI is InChI=1S/C121H82N8/c1-119(2)98-34-16-7-25-80(98)83-58-49-77(67-101(83)119)124-104-37-19-10-28-86(104)92-52-43-71(61-110(92)124)74-46-55-95-89-31-13-22-40-107(89)127(113(95)64-74)116-70-117(128-108-41-23-14-32-90(108)96-56-47-75(65-114(96)128)72-44-53-93-87-29-11-20-38-105(87)125(111(93)62-72)78-50-59-84-81-26-8-17-35-99(81)120(3,4)102(84)68-78)123-118(122-116)129-109-42-24-15-33-91(109)97-57-48-76(66-115(97)129)73-45-54-94-88-30-12-21-39-106(88)126(112(94)63-73)79-51-60-85-82-27-9-18-36-100(82)121(5,6)103(85)69-79/h7-70H,1-6H3. The molecule has 0 saturated heterocycles. The minimum Gasteiger partial charge on any atom is -0.309 e. The van der Waals surface area contributed by atoms with Gasteiger partial charge >= 0.3 is 0 Å². The quantitative estimate of drug-likeness (QED) is 0.145. The van der Waals surface area contributed by atoms with Crippen LogP contribution in [-0.4, -0.2) is 37.4 Å². The summed E-state index contributed by atoms with van der Waals surface area (Å²) in [7, 11) is 0. The summed E-state index contributed by atoms with van der Waals surface area (Å²) in [5, 5.41) is 14.0. The first-order chi connectivity index (χ1) is 63.2. The molecule has 606 valence electrons. The molecule has 8 nitrogen and oxygen atoms in total. The monoisotopic (exact) mass is 1650 g/mol. The zero-order chi connectivity index (χ0) is 85.3. The summed E-state index contributed by atoms with van der Waals surface area (Å²) in [5.41, 5.74) is 38.7. The Hall–Kier alpha value is -16.2. The first kappa shape index (κ1) is 72.2. The van der Waals surface area contributed by atoms with E-state index in [-0.39, 0.29) is 16.2 Å². The SMILES string of the molecule is CC1(C)c2ccccc2-c2ccc(-n3c4ccccc4c4ccc(-c5ccc6c7ccccc7n(-c7cc(-n8c9ccccc9c9ccc(-c%10ccc%11c%12ccccc%12n(-c%12ccc%13c(c%12)C(C)(C)c%12ccccc%12-%13)c%11c%10)cc98)nc(-n8c9ccccc9c9ccc(-c%10ccc%11c%12ccccc%12n(-c%12ccc%13c(c%12)C(C)(C)c%12ccccc%12-%13)c%11c%10)cc98)n7)c6c5)cc43)cc21. The number of rotatable bonds is 9. The predicted molar refractivity (Wildman–Crippen MR) is 537 cm³/mol. The summed E-state index contributed by atoms with van der Waals surface area (Å²) in [6.45, 7) is 14.2. The van der Waals surface area contributed by atoms with Crippen LogP contribution in [-0.2, 0) is 16.2 Å². The van der Waals surface area contributed by atoms with Crippen LogP contribution in [0.1, 0.15) is 74.9 Å². The molecule has 3 aliphatic carbocycles. The molecular weight excluding hydrogens is 1570 g/mol. The molecule has 0 N–H and O–H groups in total. The van der Waals surface area contributed by atoms with Crippen molar-refractivity contribution in [3.05, 3.63) is 422 Å². The van der Waals surface area contributed by atoms with E-state index in [4.69, 9.17) is 9.97 Å². The van der Waals surface area contributed by atoms with Crippen molar-refractivity contribution in [2.24, 2.45) is 0 Å². The highest BCUT2D eigenvalue weighted by molar-refractivity contribution is 6.17. The average molecular weight is 1650 g/mol. The van der Waals surface area contributed by atoms with Crippen LogP contribution in [0.5, 0.6) is 0 Å². The summed E-state index contributed by atoms with van der Waals surface area (Å²) >= 11 is 0.